The molecule has 0 rings (SSSR count). The molecule has 0 aliphatic carbocycles. The van der Waals surface area contributed by atoms with Gasteiger partial charge in [-0.15, -0.1) is 5.48 Å². The lowest BCUT2D eigenvalue weighted by atomic mass is 9.83. The van der Waals surface area contributed by atoms with Crippen LogP contribution >= 0.6 is 21.6 Å². The number of nitrogens with two attached hydrogens (primary N) is 1. The third-order valence-corrected chi connectivity index (χ3v) is 22.5. The Morgan fingerprint density at radius 1 is 0.403 bits per heavy atom. The molecule has 0 aromatic carbocycles. The first kappa shape index (κ1) is 123. The lowest BCUT2D eigenvalue weighted by molar-refractivity contribution is -0.155. The average Bonchev–Trinajstić information content (AvgIpc) is 0.853. The second-order valence-corrected chi connectivity index (χ2v) is 36.5. The van der Waals surface area contributed by atoms with E-state index in [1.54, 1.807) is 13.8 Å². The zero-order valence-corrected chi connectivity index (χ0v) is 78.8. The number of amides is 12. The van der Waals surface area contributed by atoms with Crippen molar-refractivity contribution in [1.29, 1.82) is 0 Å². The summed E-state index contributed by atoms with van der Waals surface area (Å²) >= 11 is 0. The summed E-state index contributed by atoms with van der Waals surface area (Å²) in [5.41, 5.74) is 12.7. The van der Waals surface area contributed by atoms with Crippen LogP contribution in [0.25, 0.3) is 0 Å². The number of aliphatic hydroxyl groups excluding tert-OH is 6. The van der Waals surface area contributed by atoms with Crippen LogP contribution in [0.4, 0.5) is 0 Å². The minimum atomic E-state index is -2.35. The third-order valence-electron chi connectivity index (χ3n) is 20.0. The summed E-state index contributed by atoms with van der Waals surface area (Å²) in [5, 5.41) is 127. The van der Waals surface area contributed by atoms with Crippen molar-refractivity contribution in [2.75, 3.05) is 64.1 Å². The summed E-state index contributed by atoms with van der Waals surface area (Å²) in [6.07, 6.45) is -8.11. The third kappa shape index (κ3) is 50.6. The number of aliphatic carboxylic acids is 4. The Kier molecular flexibility index (Phi) is 60.6. The number of ketones is 5. The number of aldehydes is 1. The standard InChI is InChI=1S/C82H136N16O34S2/c1-13-133-134-38-49(83)74(123)85-32-63(109)72(121)55(34-100)93-76(125)52(27-68(115)116)90-80(129)57(36-102)95-78(127)54(29-70(119)120)92-81(130)58(37-103)96-77(126)53(28-69(117)118)91-79(128)56(35-101)94-75(124)51(26-67(113)114)89-66(112)33-86-98-50(82(131)132-87-18-19-99)16-14-15-17-84-64(110)30-60(106)45(20-39(2)3)23-59(105)44(12)88-65(111)31-61(107)46(21-40(4)5)24-62(108)71(43(10)11)97-73(122)48(42(8)9)25-47(104)22-41(6)7/h19,39-46,48-58,60-61,71,86-87,98,100-103,106-107H,13-18,20-38,83H2,1-12H3,(H,84,110)(H,85,123)(H,88,111)(H,89,112)(H,90,129)(H,91,128)(H,92,130)(H,93,125)(H,94,124)(H,95,127)(H,96,126)(H,97,122)(H,113,114)(H,115,116)(H,117,118)(H,119,120)/t44-,45+,46+,48-,49+,50+,51+,52+,53+,54+,55?,56?,57?,58?,60-,61-,71+/m1/s1. The Bertz CT molecular complexity index is 3960. The maximum atomic E-state index is 14.0. The number of nitrogens with one attached hydrogen (secondary N) is 15. The fourth-order valence-electron chi connectivity index (χ4n) is 13.0. The normalized spacial score (nSPS) is 15.2. The molecule has 760 valence electrons. The lowest BCUT2D eigenvalue weighted by Gasteiger charge is -2.29. The highest BCUT2D eigenvalue weighted by atomic mass is 33.1. The van der Waals surface area contributed by atoms with Gasteiger partial charge >= 0.3 is 29.8 Å². The number of carbonyl (C=O) groups is 23. The monoisotopic (exact) mass is 1950 g/mol. The number of carbonyl (C=O) groups excluding carboxylic acids is 19. The van der Waals surface area contributed by atoms with Gasteiger partial charge in [-0.25, -0.2) is 15.6 Å². The zero-order valence-electron chi connectivity index (χ0n) is 77.1. The van der Waals surface area contributed by atoms with E-state index in [-0.39, 0.29) is 98.4 Å². The molecular formula is C82H136N16O34S2. The number of aliphatic hydroxyl groups is 6. The number of hydrazine groups is 1. The van der Waals surface area contributed by atoms with Crippen LogP contribution in [0.1, 0.15) is 179 Å². The van der Waals surface area contributed by atoms with E-state index in [1.807, 2.05) is 105 Å². The predicted molar refractivity (Wildman–Crippen MR) is 475 cm³/mol. The molecule has 12 amide bonds. The first-order chi connectivity index (χ1) is 62.7. The summed E-state index contributed by atoms with van der Waals surface area (Å²) in [6.45, 7) is 13.7. The summed E-state index contributed by atoms with van der Waals surface area (Å²) in [6, 6.07) is -22.6. The van der Waals surface area contributed by atoms with Crippen molar-refractivity contribution >= 4 is 158 Å². The molecule has 52 heteroatoms. The Morgan fingerprint density at radius 2 is 0.821 bits per heavy atom. The molecule has 0 aromatic heterocycles. The minimum absolute atomic E-state index is 0.0171. The van der Waals surface area contributed by atoms with Crippen molar-refractivity contribution in [2.45, 2.75) is 264 Å². The minimum Gasteiger partial charge on any atom is -0.481 e. The average molecular weight is 1950 g/mol. The maximum Gasteiger partial charge on any atom is 0.343 e. The van der Waals surface area contributed by atoms with E-state index in [1.165, 1.54) is 28.5 Å². The first-order valence-corrected chi connectivity index (χ1v) is 45.9. The van der Waals surface area contributed by atoms with E-state index >= 15 is 0 Å². The Hall–Kier alpha value is -10.7. The summed E-state index contributed by atoms with van der Waals surface area (Å²) < 4.78 is 0. The highest BCUT2D eigenvalue weighted by Gasteiger charge is 2.40. The summed E-state index contributed by atoms with van der Waals surface area (Å²) in [4.78, 5) is 303. The van der Waals surface area contributed by atoms with Crippen molar-refractivity contribution in [1.82, 2.24) is 80.1 Å². The van der Waals surface area contributed by atoms with Gasteiger partial charge in [0.1, 0.15) is 66.4 Å². The Labute approximate surface area is 781 Å². The molecular weight excluding hydrogens is 1820 g/mol. The smallest absolute Gasteiger partial charge is 0.343 e. The molecule has 0 aliphatic rings. The van der Waals surface area contributed by atoms with Crippen LogP contribution in [0.3, 0.4) is 0 Å². The predicted octanol–water partition coefficient (Wildman–Crippen LogP) is -7.62. The molecule has 0 fully saturated rings. The van der Waals surface area contributed by atoms with Gasteiger partial charge in [0.2, 0.25) is 82.5 Å². The van der Waals surface area contributed by atoms with Crippen molar-refractivity contribution in [3.8, 4) is 0 Å². The fraction of sp³-hybridized carbons (Fsp3) is 0.720. The number of hydroxylamine groups is 1. The van der Waals surface area contributed by atoms with Gasteiger partial charge in [-0.3, -0.25) is 101 Å². The second-order valence-electron chi connectivity index (χ2n) is 33.7. The molecule has 0 saturated carbocycles. The van der Waals surface area contributed by atoms with E-state index in [0.717, 1.165) is 0 Å². The molecule has 27 N–H and O–H groups in total. The Balaban J connectivity index is 6.14. The van der Waals surface area contributed by atoms with Crippen LogP contribution in [-0.4, -0.2) is 336 Å². The van der Waals surface area contributed by atoms with Crippen molar-refractivity contribution in [3.05, 3.63) is 0 Å². The SMILES string of the molecule is CCSSC[C@H](N)C(=O)NCC(=O)C(=O)C(CO)NC(=O)[C@H](CC(=O)O)NC(=O)C(CO)NC(=O)[C@H](CC(=O)O)NC(=O)C(CO)NC(=O)[C@H](CC(=O)O)NC(=O)C(CO)NC(=O)[C@H](CC(=O)O)NC(=O)CNN[C@@H](CCCCNC(=O)C[C@@H](O)[C@H](CC(=O)[C@@H](C)NC(=O)C[C@@H](O)[C@H](CC(=O)[C@@H](NC(=O)[C@H](CC(=O)CC(C)C)C(C)C)C(C)C)CC(C)C)CC(C)C)C(=O)ONCC=O. The zero-order chi connectivity index (χ0) is 103. The van der Waals surface area contributed by atoms with Crippen LogP contribution in [0.5, 0.6) is 0 Å². The molecule has 0 aromatic rings. The van der Waals surface area contributed by atoms with Crippen molar-refractivity contribution < 1.29 is 166 Å². The highest BCUT2D eigenvalue weighted by molar-refractivity contribution is 8.76. The van der Waals surface area contributed by atoms with Gasteiger partial charge in [0.15, 0.2) is 11.6 Å². The summed E-state index contributed by atoms with van der Waals surface area (Å²) in [5.74, 6) is -29.3. The van der Waals surface area contributed by atoms with Gasteiger partial charge < -0.3 is 130 Å². The number of rotatable bonds is 74. The van der Waals surface area contributed by atoms with Crippen molar-refractivity contribution in [3.63, 3.8) is 0 Å². The maximum absolute atomic E-state index is 14.0. The van der Waals surface area contributed by atoms with Gasteiger partial charge in [0, 0.05) is 49.7 Å². The molecule has 0 spiro atoms. The molecule has 4 unspecified atom stereocenters. The van der Waals surface area contributed by atoms with Gasteiger partial charge in [0.05, 0.1) is 115 Å². The molecule has 0 heterocycles. The molecule has 134 heavy (non-hydrogen) atoms. The van der Waals surface area contributed by atoms with Crippen LogP contribution < -0.4 is 85.9 Å². The number of hydrogen-bond donors (Lipinski definition) is 26. The molecule has 0 bridgehead atoms. The van der Waals surface area contributed by atoms with E-state index < -0.39 is 305 Å². The van der Waals surface area contributed by atoms with Crippen LogP contribution in [0.2, 0.25) is 0 Å². The van der Waals surface area contributed by atoms with Gasteiger partial charge in [0.25, 0.3) is 0 Å². The van der Waals surface area contributed by atoms with E-state index in [2.05, 4.69) is 37.6 Å². The number of hydrogen-bond acceptors (Lipinski definition) is 36. The molecule has 0 saturated heterocycles. The quantitative estimate of drug-likeness (QED) is 0.00884. The number of unbranched alkanes of at least 4 members (excludes halogenated alkanes) is 1. The molecule has 17 atom stereocenters. The van der Waals surface area contributed by atoms with Gasteiger partial charge in [-0.1, -0.05) is 97.7 Å². The van der Waals surface area contributed by atoms with Gasteiger partial charge in [-0.2, -0.15) is 0 Å². The largest absolute Gasteiger partial charge is 0.481 e. The van der Waals surface area contributed by atoms with E-state index in [0.29, 0.717) is 24.9 Å². The molecule has 0 aliphatic heterocycles. The van der Waals surface area contributed by atoms with Crippen LogP contribution in [0.15, 0.2) is 0 Å². The molecule has 50 nitrogen and oxygen atoms in total. The van der Waals surface area contributed by atoms with E-state index in [9.17, 15) is 161 Å². The number of Topliss-reactive ketones (excluding diaryl/α,β-unsaturated/α-hetero) is 5. The topological polar surface area (TPSA) is 811 Å². The van der Waals surface area contributed by atoms with Crippen molar-refractivity contribution in [2.24, 2.45) is 53.1 Å². The number of carboxylic acids is 4. The van der Waals surface area contributed by atoms with Crippen LogP contribution in [-0.2, 0) is 115 Å². The lowest BCUT2D eigenvalue weighted by Crippen LogP contribution is -2.62. The summed E-state index contributed by atoms with van der Waals surface area (Å²) in [7, 11) is 2.63. The molecule has 0 radical (unpaired) electrons. The first-order valence-electron chi connectivity index (χ1n) is 43.4. The second kappa shape index (κ2) is 65.9. The number of carboxylic acid groups (broad SMARTS) is 4. The highest BCUT2D eigenvalue weighted by Crippen LogP contribution is 2.27. The fourth-order valence-corrected chi connectivity index (χ4v) is 14.8. The van der Waals surface area contributed by atoms with E-state index in [4.69, 9.17) is 10.6 Å². The van der Waals surface area contributed by atoms with Crippen LogP contribution in [0, 0.1) is 47.3 Å². The van der Waals surface area contributed by atoms with Gasteiger partial charge in [-0.05, 0) is 80.5 Å². The Morgan fingerprint density at radius 3 is 1.22 bits per heavy atom.